The van der Waals surface area contributed by atoms with Gasteiger partial charge in [0.15, 0.2) is 0 Å². The van der Waals surface area contributed by atoms with Gasteiger partial charge in [0, 0.05) is 19.4 Å². The fourth-order valence-corrected chi connectivity index (χ4v) is 2.85. The average Bonchev–Trinajstić information content (AvgIpc) is 2.87. The average molecular weight is 256 g/mol. The summed E-state index contributed by atoms with van der Waals surface area (Å²) in [6.07, 6.45) is 7.39. The minimum atomic E-state index is 0.727. The maximum absolute atomic E-state index is 4.57. The van der Waals surface area contributed by atoms with Gasteiger partial charge in [0.1, 0.15) is 0 Å². The van der Waals surface area contributed by atoms with Crippen molar-refractivity contribution in [1.29, 1.82) is 0 Å². The van der Waals surface area contributed by atoms with E-state index in [0.717, 1.165) is 36.8 Å². The molecule has 100 valence electrons. The van der Waals surface area contributed by atoms with Gasteiger partial charge in [-0.15, -0.1) is 0 Å². The Bertz CT molecular complexity index is 541. The molecule has 1 aliphatic rings. The molecule has 1 saturated heterocycles. The molecule has 0 aliphatic carbocycles. The molecule has 2 aromatic heterocycles. The van der Waals surface area contributed by atoms with Crippen molar-refractivity contribution in [2.24, 2.45) is 13.0 Å². The molecule has 1 N–H and O–H groups in total. The van der Waals surface area contributed by atoms with Crippen LogP contribution >= 0.6 is 0 Å². The first-order valence-electron chi connectivity index (χ1n) is 6.97. The van der Waals surface area contributed by atoms with E-state index in [9.17, 15) is 0 Å². The monoisotopic (exact) mass is 256 g/mol. The van der Waals surface area contributed by atoms with Crippen LogP contribution in [-0.2, 0) is 13.5 Å². The molecule has 0 bridgehead atoms. The number of piperidine rings is 1. The number of nitrogens with zero attached hydrogens (tertiary/aromatic N) is 3. The van der Waals surface area contributed by atoms with E-state index in [1.165, 1.54) is 18.4 Å². The molecule has 0 amide bonds. The van der Waals surface area contributed by atoms with Crippen LogP contribution in [0.5, 0.6) is 0 Å². The highest BCUT2D eigenvalue weighted by Crippen LogP contribution is 2.24. The molecular weight excluding hydrogens is 236 g/mol. The Morgan fingerprint density at radius 2 is 2.32 bits per heavy atom. The number of pyridine rings is 1. The van der Waals surface area contributed by atoms with Gasteiger partial charge in [0.2, 0.25) is 0 Å². The summed E-state index contributed by atoms with van der Waals surface area (Å²) in [6.45, 7) is 2.29. The molecule has 1 fully saturated rings. The van der Waals surface area contributed by atoms with Gasteiger partial charge in [-0.1, -0.05) is 6.07 Å². The van der Waals surface area contributed by atoms with Crippen molar-refractivity contribution in [2.45, 2.75) is 19.3 Å². The van der Waals surface area contributed by atoms with Gasteiger partial charge in [-0.3, -0.25) is 9.67 Å². The van der Waals surface area contributed by atoms with Gasteiger partial charge >= 0.3 is 0 Å². The van der Waals surface area contributed by atoms with E-state index < -0.39 is 0 Å². The zero-order valence-corrected chi connectivity index (χ0v) is 11.3. The summed E-state index contributed by atoms with van der Waals surface area (Å²) in [5, 5.41) is 7.73. The Hall–Kier alpha value is -1.68. The number of nitrogens with one attached hydrogen (secondary N) is 1. The van der Waals surface area contributed by atoms with E-state index in [4.69, 9.17) is 0 Å². The first-order valence-corrected chi connectivity index (χ1v) is 6.97. The molecule has 0 spiro atoms. The highest BCUT2D eigenvalue weighted by molar-refractivity contribution is 5.58. The Kier molecular flexibility index (Phi) is 3.60. The molecule has 4 heteroatoms. The molecule has 0 aromatic carbocycles. The van der Waals surface area contributed by atoms with Crippen molar-refractivity contribution in [2.75, 3.05) is 13.1 Å². The number of aromatic nitrogens is 3. The fourth-order valence-electron chi connectivity index (χ4n) is 2.85. The third kappa shape index (κ3) is 2.68. The lowest BCUT2D eigenvalue weighted by atomic mass is 9.91. The van der Waals surface area contributed by atoms with Crippen molar-refractivity contribution in [3.63, 3.8) is 0 Å². The molecule has 19 heavy (non-hydrogen) atoms. The van der Waals surface area contributed by atoms with Crippen LogP contribution in [0.3, 0.4) is 0 Å². The molecule has 3 rings (SSSR count). The first kappa shape index (κ1) is 12.4. The van der Waals surface area contributed by atoms with Gasteiger partial charge < -0.3 is 5.32 Å². The SMILES string of the molecule is Cn1nccc1-c1ncccc1C[C@@H]1CCCNC1. The molecule has 4 nitrogen and oxygen atoms in total. The molecule has 1 atom stereocenters. The number of rotatable bonds is 3. The molecule has 3 heterocycles. The number of hydrogen-bond acceptors (Lipinski definition) is 3. The third-order valence-corrected chi connectivity index (χ3v) is 3.86. The summed E-state index contributed by atoms with van der Waals surface area (Å²) in [7, 11) is 1.97. The second-order valence-corrected chi connectivity index (χ2v) is 5.27. The summed E-state index contributed by atoms with van der Waals surface area (Å²) in [5.74, 6) is 0.727. The van der Waals surface area contributed by atoms with E-state index >= 15 is 0 Å². The molecule has 0 saturated carbocycles. The molecule has 0 unspecified atom stereocenters. The third-order valence-electron chi connectivity index (χ3n) is 3.86. The van der Waals surface area contributed by atoms with E-state index in [1.54, 1.807) is 0 Å². The van der Waals surface area contributed by atoms with Crippen molar-refractivity contribution in [3.8, 4) is 11.4 Å². The van der Waals surface area contributed by atoms with Crippen LogP contribution in [0, 0.1) is 5.92 Å². The van der Waals surface area contributed by atoms with E-state index in [-0.39, 0.29) is 0 Å². The second-order valence-electron chi connectivity index (χ2n) is 5.27. The summed E-state index contributed by atoms with van der Waals surface area (Å²) < 4.78 is 1.89. The van der Waals surface area contributed by atoms with Crippen molar-refractivity contribution < 1.29 is 0 Å². The van der Waals surface area contributed by atoms with Gasteiger partial charge in [0.25, 0.3) is 0 Å². The standard InChI is InChI=1S/C15H20N4/c1-19-14(6-9-18-19)15-13(5-3-8-17-15)10-12-4-2-7-16-11-12/h3,5-6,8-9,12,16H,2,4,7,10-11H2,1H3/t12-/m0/s1. The number of hydrogen-bond donors (Lipinski definition) is 1. The van der Waals surface area contributed by atoms with E-state index in [2.05, 4.69) is 21.5 Å². The Morgan fingerprint density at radius 3 is 3.05 bits per heavy atom. The largest absolute Gasteiger partial charge is 0.316 e. The Morgan fingerprint density at radius 1 is 1.37 bits per heavy atom. The van der Waals surface area contributed by atoms with Crippen LogP contribution in [0.25, 0.3) is 11.4 Å². The second kappa shape index (κ2) is 5.53. The molecule has 0 radical (unpaired) electrons. The maximum atomic E-state index is 4.57. The fraction of sp³-hybridized carbons (Fsp3) is 0.467. The zero-order valence-electron chi connectivity index (χ0n) is 11.3. The predicted octanol–water partition coefficient (Wildman–Crippen LogP) is 2.02. The molecule has 2 aromatic rings. The highest BCUT2D eigenvalue weighted by Gasteiger charge is 2.17. The van der Waals surface area contributed by atoms with Crippen LogP contribution in [0.2, 0.25) is 0 Å². The lowest BCUT2D eigenvalue weighted by molar-refractivity contribution is 0.376. The van der Waals surface area contributed by atoms with Crippen molar-refractivity contribution >= 4 is 0 Å². The number of aryl methyl sites for hydroxylation is 1. The zero-order chi connectivity index (χ0) is 13.1. The Balaban J connectivity index is 1.87. The molecular formula is C15H20N4. The smallest absolute Gasteiger partial charge is 0.0914 e. The van der Waals surface area contributed by atoms with Gasteiger partial charge in [0.05, 0.1) is 11.4 Å². The van der Waals surface area contributed by atoms with Crippen LogP contribution < -0.4 is 5.32 Å². The minimum Gasteiger partial charge on any atom is -0.316 e. The van der Waals surface area contributed by atoms with Gasteiger partial charge in [-0.25, -0.2) is 0 Å². The summed E-state index contributed by atoms with van der Waals surface area (Å²) in [5.41, 5.74) is 3.51. The van der Waals surface area contributed by atoms with E-state index in [1.807, 2.05) is 36.3 Å². The van der Waals surface area contributed by atoms with Gasteiger partial charge in [-0.05, 0) is 56.0 Å². The summed E-state index contributed by atoms with van der Waals surface area (Å²) in [6, 6.07) is 6.26. The minimum absolute atomic E-state index is 0.727. The Labute approximate surface area is 113 Å². The molecule has 1 aliphatic heterocycles. The predicted molar refractivity (Wildman–Crippen MR) is 75.7 cm³/mol. The van der Waals surface area contributed by atoms with Gasteiger partial charge in [-0.2, -0.15) is 5.10 Å². The highest BCUT2D eigenvalue weighted by atomic mass is 15.3. The summed E-state index contributed by atoms with van der Waals surface area (Å²) >= 11 is 0. The first-order chi connectivity index (χ1) is 9.34. The normalized spacial score (nSPS) is 19.5. The van der Waals surface area contributed by atoms with Crippen LogP contribution in [0.4, 0.5) is 0 Å². The van der Waals surface area contributed by atoms with Crippen molar-refractivity contribution in [1.82, 2.24) is 20.1 Å². The topological polar surface area (TPSA) is 42.7 Å². The van der Waals surface area contributed by atoms with Crippen LogP contribution in [0.15, 0.2) is 30.6 Å². The van der Waals surface area contributed by atoms with Crippen molar-refractivity contribution in [3.05, 3.63) is 36.2 Å². The maximum Gasteiger partial charge on any atom is 0.0914 e. The lowest BCUT2D eigenvalue weighted by Gasteiger charge is -2.23. The van der Waals surface area contributed by atoms with Crippen LogP contribution in [-0.4, -0.2) is 27.9 Å². The van der Waals surface area contributed by atoms with Crippen LogP contribution in [0.1, 0.15) is 18.4 Å². The lowest BCUT2D eigenvalue weighted by Crippen LogP contribution is -2.31. The quantitative estimate of drug-likeness (QED) is 0.913. The van der Waals surface area contributed by atoms with E-state index in [0.29, 0.717) is 0 Å². The summed E-state index contributed by atoms with van der Waals surface area (Å²) in [4.78, 5) is 4.57.